The van der Waals surface area contributed by atoms with Crippen LogP contribution in [0.15, 0.2) is 10.8 Å². The summed E-state index contributed by atoms with van der Waals surface area (Å²) in [6.07, 6.45) is 2.51. The molecule has 1 heteroatoms. The second kappa shape index (κ2) is 3.02. The van der Waals surface area contributed by atoms with Crippen molar-refractivity contribution in [2.45, 2.75) is 26.7 Å². The maximum absolute atomic E-state index is 2.25. The summed E-state index contributed by atoms with van der Waals surface area (Å²) >= 11 is 1.81. The van der Waals surface area contributed by atoms with Crippen molar-refractivity contribution in [3.63, 3.8) is 0 Å². The van der Waals surface area contributed by atoms with E-state index in [0.717, 1.165) is 0 Å². The Bertz CT molecular complexity index is 176. The molecule has 0 fully saturated rings. The van der Waals surface area contributed by atoms with Crippen molar-refractivity contribution in [1.29, 1.82) is 0 Å². The van der Waals surface area contributed by atoms with Crippen LogP contribution < -0.4 is 0 Å². The summed E-state index contributed by atoms with van der Waals surface area (Å²) < 4.78 is 0. The Morgan fingerprint density at radius 2 is 2.22 bits per heavy atom. The normalized spacial score (nSPS) is 10.0. The van der Waals surface area contributed by atoms with Crippen LogP contribution in [0.25, 0.3) is 0 Å². The Morgan fingerprint density at radius 1 is 1.44 bits per heavy atom. The lowest BCUT2D eigenvalue weighted by Gasteiger charge is -1.92. The molecule has 0 amide bonds. The number of thiophene rings is 1. The van der Waals surface area contributed by atoms with E-state index in [2.05, 4.69) is 24.6 Å². The molecule has 0 bridgehead atoms. The fraction of sp³-hybridized carbons (Fsp3) is 0.500. The van der Waals surface area contributed by atoms with Gasteiger partial charge in [-0.15, -0.1) is 0 Å². The van der Waals surface area contributed by atoms with E-state index in [9.17, 15) is 0 Å². The second-order valence-electron chi connectivity index (χ2n) is 2.33. The largest absolute Gasteiger partial charge is 0.152 e. The number of rotatable bonds is 2. The standard InChI is InChI=1S/C8H12S/c1-3-4-8-6-9-5-7(8)2/h5-6H,3-4H2,1-2H3. The predicted molar refractivity (Wildman–Crippen MR) is 43.1 cm³/mol. The quantitative estimate of drug-likeness (QED) is 0.592. The Hall–Kier alpha value is -0.300. The van der Waals surface area contributed by atoms with Crippen molar-refractivity contribution in [3.05, 3.63) is 21.9 Å². The smallest absolute Gasteiger partial charge is 0.00585 e. The third kappa shape index (κ3) is 1.55. The molecule has 0 radical (unpaired) electrons. The second-order valence-corrected chi connectivity index (χ2v) is 3.07. The van der Waals surface area contributed by atoms with Crippen molar-refractivity contribution in [1.82, 2.24) is 0 Å². The highest BCUT2D eigenvalue weighted by molar-refractivity contribution is 7.08. The lowest BCUT2D eigenvalue weighted by atomic mass is 10.1. The molecular formula is C8H12S. The Morgan fingerprint density at radius 3 is 2.67 bits per heavy atom. The SMILES string of the molecule is CCCc1cscc1C. The third-order valence-corrected chi connectivity index (χ3v) is 2.39. The zero-order valence-corrected chi connectivity index (χ0v) is 6.79. The van der Waals surface area contributed by atoms with Gasteiger partial charge in [-0.2, -0.15) is 11.3 Å². The van der Waals surface area contributed by atoms with Crippen LogP contribution >= 0.6 is 11.3 Å². The molecule has 1 heterocycles. The summed E-state index contributed by atoms with van der Waals surface area (Å²) in [4.78, 5) is 0. The summed E-state index contributed by atoms with van der Waals surface area (Å²) in [5, 5.41) is 4.46. The third-order valence-electron chi connectivity index (χ3n) is 1.48. The minimum atomic E-state index is 1.25. The van der Waals surface area contributed by atoms with Gasteiger partial charge in [0.25, 0.3) is 0 Å². The molecule has 50 valence electrons. The molecule has 0 spiro atoms. The first kappa shape index (κ1) is 6.81. The van der Waals surface area contributed by atoms with Crippen molar-refractivity contribution in [2.24, 2.45) is 0 Å². The molecule has 0 aromatic carbocycles. The lowest BCUT2D eigenvalue weighted by molar-refractivity contribution is 0.919. The van der Waals surface area contributed by atoms with Crippen molar-refractivity contribution in [2.75, 3.05) is 0 Å². The molecule has 0 unspecified atom stereocenters. The molecule has 9 heavy (non-hydrogen) atoms. The van der Waals surface area contributed by atoms with Crippen molar-refractivity contribution in [3.8, 4) is 0 Å². The topological polar surface area (TPSA) is 0 Å². The minimum absolute atomic E-state index is 1.25. The van der Waals surface area contributed by atoms with Gasteiger partial charge >= 0.3 is 0 Å². The van der Waals surface area contributed by atoms with Gasteiger partial charge in [0.1, 0.15) is 0 Å². The fourth-order valence-corrected chi connectivity index (χ4v) is 1.80. The van der Waals surface area contributed by atoms with Crippen LogP contribution in [0.3, 0.4) is 0 Å². The molecule has 0 atom stereocenters. The fourth-order valence-electron chi connectivity index (χ4n) is 0.912. The van der Waals surface area contributed by atoms with Crippen LogP contribution in [0.1, 0.15) is 24.5 Å². The molecular weight excluding hydrogens is 128 g/mol. The van der Waals surface area contributed by atoms with Crippen LogP contribution in [0.5, 0.6) is 0 Å². The highest BCUT2D eigenvalue weighted by Gasteiger charge is 1.94. The zero-order chi connectivity index (χ0) is 6.69. The average molecular weight is 140 g/mol. The predicted octanol–water partition coefficient (Wildman–Crippen LogP) is 3.01. The van der Waals surface area contributed by atoms with E-state index in [-0.39, 0.29) is 0 Å². The van der Waals surface area contributed by atoms with Crippen molar-refractivity contribution < 1.29 is 0 Å². The van der Waals surface area contributed by atoms with Gasteiger partial charge in [0.2, 0.25) is 0 Å². The van der Waals surface area contributed by atoms with Crippen molar-refractivity contribution >= 4 is 11.3 Å². The Balaban J connectivity index is 2.69. The van der Waals surface area contributed by atoms with E-state index in [0.29, 0.717) is 0 Å². The molecule has 0 nitrogen and oxygen atoms in total. The summed E-state index contributed by atoms with van der Waals surface area (Å²) in [6.45, 7) is 4.40. The van der Waals surface area contributed by atoms with Crippen LogP contribution in [0.2, 0.25) is 0 Å². The molecule has 1 rings (SSSR count). The van der Waals surface area contributed by atoms with Gasteiger partial charge in [0, 0.05) is 0 Å². The van der Waals surface area contributed by atoms with Gasteiger partial charge in [-0.25, -0.2) is 0 Å². The number of hydrogen-bond acceptors (Lipinski definition) is 1. The molecule has 1 aromatic rings. The van der Waals surface area contributed by atoms with Gasteiger partial charge in [-0.05, 0) is 35.2 Å². The maximum atomic E-state index is 2.25. The van der Waals surface area contributed by atoms with Gasteiger partial charge in [-0.1, -0.05) is 13.3 Å². The lowest BCUT2D eigenvalue weighted by Crippen LogP contribution is -1.80. The summed E-state index contributed by atoms with van der Waals surface area (Å²) in [7, 11) is 0. The summed E-state index contributed by atoms with van der Waals surface area (Å²) in [6, 6.07) is 0. The minimum Gasteiger partial charge on any atom is -0.152 e. The maximum Gasteiger partial charge on any atom is -0.00585 e. The van der Waals surface area contributed by atoms with E-state index < -0.39 is 0 Å². The molecule has 0 aliphatic carbocycles. The van der Waals surface area contributed by atoms with E-state index >= 15 is 0 Å². The van der Waals surface area contributed by atoms with Crippen LogP contribution in [-0.2, 0) is 6.42 Å². The average Bonchev–Trinajstić information content (AvgIpc) is 2.18. The van der Waals surface area contributed by atoms with Gasteiger partial charge in [0.05, 0.1) is 0 Å². The molecule has 0 aliphatic heterocycles. The summed E-state index contributed by atoms with van der Waals surface area (Å²) in [5.74, 6) is 0. The van der Waals surface area contributed by atoms with Crippen LogP contribution in [0.4, 0.5) is 0 Å². The van der Waals surface area contributed by atoms with Gasteiger partial charge in [-0.3, -0.25) is 0 Å². The van der Waals surface area contributed by atoms with E-state index in [4.69, 9.17) is 0 Å². The van der Waals surface area contributed by atoms with Gasteiger partial charge < -0.3 is 0 Å². The molecule has 0 aliphatic rings. The summed E-state index contributed by atoms with van der Waals surface area (Å²) in [5.41, 5.74) is 2.99. The monoisotopic (exact) mass is 140 g/mol. The molecule has 1 aromatic heterocycles. The number of aryl methyl sites for hydroxylation is 2. The van der Waals surface area contributed by atoms with Gasteiger partial charge in [0.15, 0.2) is 0 Å². The molecule has 0 saturated heterocycles. The first-order chi connectivity index (χ1) is 4.34. The Labute approximate surface area is 60.5 Å². The first-order valence-electron chi connectivity index (χ1n) is 3.36. The molecule has 0 N–H and O–H groups in total. The molecule has 0 saturated carbocycles. The highest BCUT2D eigenvalue weighted by Crippen LogP contribution is 2.14. The zero-order valence-electron chi connectivity index (χ0n) is 5.98. The van der Waals surface area contributed by atoms with E-state index in [1.165, 1.54) is 24.0 Å². The number of hydrogen-bond donors (Lipinski definition) is 0. The van der Waals surface area contributed by atoms with E-state index in [1.54, 1.807) is 11.3 Å². The van der Waals surface area contributed by atoms with Crippen LogP contribution in [0, 0.1) is 6.92 Å². The first-order valence-corrected chi connectivity index (χ1v) is 4.30. The Kier molecular flexibility index (Phi) is 2.29. The van der Waals surface area contributed by atoms with E-state index in [1.807, 2.05) is 0 Å². The van der Waals surface area contributed by atoms with Crippen LogP contribution in [-0.4, -0.2) is 0 Å². The highest BCUT2D eigenvalue weighted by atomic mass is 32.1.